The van der Waals surface area contributed by atoms with Crippen molar-refractivity contribution in [2.24, 2.45) is 0 Å². The van der Waals surface area contributed by atoms with E-state index in [0.717, 1.165) is 5.75 Å². The van der Waals surface area contributed by atoms with Gasteiger partial charge in [-0.15, -0.1) is 0 Å². The molecule has 0 bridgehead atoms. The van der Waals surface area contributed by atoms with Crippen LogP contribution in [-0.2, 0) is 0 Å². The largest absolute Gasteiger partial charge is 0.508 e. The fourth-order valence-corrected chi connectivity index (χ4v) is 2.67. The zero-order valence-electron chi connectivity index (χ0n) is 11.4. The van der Waals surface area contributed by atoms with Gasteiger partial charge in [0.2, 0.25) is 0 Å². The van der Waals surface area contributed by atoms with Crippen molar-refractivity contribution < 1.29 is 5.11 Å². The van der Waals surface area contributed by atoms with Crippen molar-refractivity contribution in [3.63, 3.8) is 0 Å². The van der Waals surface area contributed by atoms with Crippen molar-refractivity contribution >= 4 is 12.6 Å². The SMILES string of the molecule is CCCCCCCCC(CS)c1ccc(O)cc1. The van der Waals surface area contributed by atoms with E-state index in [2.05, 4.69) is 19.6 Å². The number of phenolic OH excluding ortho intramolecular Hbond substituents is 1. The number of hydrogen-bond donors (Lipinski definition) is 2. The van der Waals surface area contributed by atoms with E-state index in [4.69, 9.17) is 0 Å². The summed E-state index contributed by atoms with van der Waals surface area (Å²) in [4.78, 5) is 0. The van der Waals surface area contributed by atoms with Gasteiger partial charge in [0.05, 0.1) is 0 Å². The maximum Gasteiger partial charge on any atom is 0.115 e. The Morgan fingerprint density at radius 3 is 2.22 bits per heavy atom. The molecule has 1 rings (SSSR count). The number of phenols is 1. The van der Waals surface area contributed by atoms with Gasteiger partial charge in [-0.2, -0.15) is 12.6 Å². The summed E-state index contributed by atoms with van der Waals surface area (Å²) in [6, 6.07) is 7.58. The predicted octanol–water partition coefficient (Wildman–Crippen LogP) is 5.16. The van der Waals surface area contributed by atoms with Crippen molar-refractivity contribution in [1.82, 2.24) is 0 Å². The molecule has 0 aliphatic heterocycles. The quantitative estimate of drug-likeness (QED) is 0.467. The van der Waals surface area contributed by atoms with Crippen LogP contribution in [-0.4, -0.2) is 10.9 Å². The maximum atomic E-state index is 9.29. The van der Waals surface area contributed by atoms with Crippen LogP contribution in [0.4, 0.5) is 0 Å². The molecular weight excluding hydrogens is 240 g/mol. The van der Waals surface area contributed by atoms with E-state index in [1.165, 1.54) is 50.5 Å². The van der Waals surface area contributed by atoms with Crippen molar-refractivity contribution in [1.29, 1.82) is 0 Å². The first kappa shape index (κ1) is 15.4. The first-order chi connectivity index (χ1) is 8.77. The summed E-state index contributed by atoms with van der Waals surface area (Å²) in [5, 5.41) is 9.29. The highest BCUT2D eigenvalue weighted by molar-refractivity contribution is 7.80. The summed E-state index contributed by atoms with van der Waals surface area (Å²) >= 11 is 4.45. The highest BCUT2D eigenvalue weighted by Gasteiger charge is 2.09. The minimum absolute atomic E-state index is 0.344. The molecule has 18 heavy (non-hydrogen) atoms. The van der Waals surface area contributed by atoms with Gasteiger partial charge in [-0.05, 0) is 35.8 Å². The molecule has 0 heterocycles. The smallest absolute Gasteiger partial charge is 0.115 e. The lowest BCUT2D eigenvalue weighted by Gasteiger charge is -2.14. The van der Waals surface area contributed by atoms with Crippen LogP contribution >= 0.6 is 12.6 Å². The minimum Gasteiger partial charge on any atom is -0.508 e. The normalized spacial score (nSPS) is 12.6. The molecule has 1 nitrogen and oxygen atoms in total. The van der Waals surface area contributed by atoms with Crippen molar-refractivity contribution in [3.05, 3.63) is 29.8 Å². The van der Waals surface area contributed by atoms with Crippen LogP contribution in [0.1, 0.15) is 63.4 Å². The summed E-state index contributed by atoms with van der Waals surface area (Å²) in [7, 11) is 0. The van der Waals surface area contributed by atoms with Crippen LogP contribution in [0.2, 0.25) is 0 Å². The Labute approximate surface area is 117 Å². The maximum absolute atomic E-state index is 9.29. The molecule has 0 fully saturated rings. The molecule has 0 saturated carbocycles. The average Bonchev–Trinajstić information content (AvgIpc) is 2.39. The van der Waals surface area contributed by atoms with Gasteiger partial charge < -0.3 is 5.11 Å². The Balaban J connectivity index is 2.27. The van der Waals surface area contributed by atoms with Crippen LogP contribution in [0.5, 0.6) is 5.75 Å². The molecule has 0 spiro atoms. The number of hydrogen-bond acceptors (Lipinski definition) is 2. The van der Waals surface area contributed by atoms with Gasteiger partial charge in [0, 0.05) is 0 Å². The molecule has 1 N–H and O–H groups in total. The summed E-state index contributed by atoms with van der Waals surface area (Å²) in [5.41, 5.74) is 1.30. The summed E-state index contributed by atoms with van der Waals surface area (Å²) in [6.45, 7) is 2.25. The van der Waals surface area contributed by atoms with E-state index in [1.54, 1.807) is 12.1 Å². The van der Waals surface area contributed by atoms with Crippen LogP contribution in [0.3, 0.4) is 0 Å². The summed E-state index contributed by atoms with van der Waals surface area (Å²) in [6.07, 6.45) is 9.25. The second-order valence-corrected chi connectivity index (χ2v) is 5.39. The average molecular weight is 266 g/mol. The van der Waals surface area contributed by atoms with Gasteiger partial charge >= 0.3 is 0 Å². The minimum atomic E-state index is 0.344. The Kier molecular flexibility index (Phi) is 7.99. The predicted molar refractivity (Wildman–Crippen MR) is 82.7 cm³/mol. The fourth-order valence-electron chi connectivity index (χ4n) is 2.28. The summed E-state index contributed by atoms with van der Waals surface area (Å²) in [5.74, 6) is 1.76. The zero-order valence-corrected chi connectivity index (χ0v) is 12.3. The summed E-state index contributed by atoms with van der Waals surface area (Å²) < 4.78 is 0. The molecule has 1 aromatic rings. The number of aromatic hydroxyl groups is 1. The van der Waals surface area contributed by atoms with E-state index < -0.39 is 0 Å². The molecular formula is C16H26OS. The van der Waals surface area contributed by atoms with E-state index >= 15 is 0 Å². The molecule has 1 aromatic carbocycles. The van der Waals surface area contributed by atoms with E-state index in [9.17, 15) is 5.11 Å². The lowest BCUT2D eigenvalue weighted by molar-refractivity contribution is 0.474. The zero-order chi connectivity index (χ0) is 13.2. The number of unbranched alkanes of at least 4 members (excludes halogenated alkanes) is 5. The lowest BCUT2D eigenvalue weighted by Crippen LogP contribution is -2.00. The highest BCUT2D eigenvalue weighted by Crippen LogP contribution is 2.25. The Bertz CT molecular complexity index is 307. The number of benzene rings is 1. The molecule has 1 atom stereocenters. The van der Waals surface area contributed by atoms with Gasteiger partial charge in [0.15, 0.2) is 0 Å². The van der Waals surface area contributed by atoms with Crippen molar-refractivity contribution in [2.45, 2.75) is 57.8 Å². The van der Waals surface area contributed by atoms with Gasteiger partial charge in [0.1, 0.15) is 5.75 Å². The molecule has 2 heteroatoms. The molecule has 0 aromatic heterocycles. The molecule has 0 amide bonds. The highest BCUT2D eigenvalue weighted by atomic mass is 32.1. The standard InChI is InChI=1S/C16H26OS/c1-2-3-4-5-6-7-8-15(13-18)14-9-11-16(17)12-10-14/h9-12,15,17-18H,2-8,13H2,1H3. The first-order valence-electron chi connectivity index (χ1n) is 7.17. The number of thiol groups is 1. The van der Waals surface area contributed by atoms with E-state index in [0.29, 0.717) is 11.7 Å². The lowest BCUT2D eigenvalue weighted by atomic mass is 9.94. The third kappa shape index (κ3) is 5.81. The van der Waals surface area contributed by atoms with E-state index in [1.807, 2.05) is 12.1 Å². The Morgan fingerprint density at radius 2 is 1.61 bits per heavy atom. The molecule has 0 saturated heterocycles. The van der Waals surface area contributed by atoms with Gasteiger partial charge in [0.25, 0.3) is 0 Å². The van der Waals surface area contributed by atoms with Crippen molar-refractivity contribution in [3.8, 4) is 5.75 Å². The monoisotopic (exact) mass is 266 g/mol. The Hall–Kier alpha value is -0.630. The topological polar surface area (TPSA) is 20.2 Å². The van der Waals surface area contributed by atoms with Crippen LogP contribution in [0, 0.1) is 0 Å². The van der Waals surface area contributed by atoms with Crippen LogP contribution < -0.4 is 0 Å². The van der Waals surface area contributed by atoms with Crippen LogP contribution in [0.25, 0.3) is 0 Å². The number of rotatable bonds is 9. The Morgan fingerprint density at radius 1 is 1.00 bits per heavy atom. The third-order valence-corrected chi connectivity index (χ3v) is 3.93. The van der Waals surface area contributed by atoms with Gasteiger partial charge in [-0.3, -0.25) is 0 Å². The molecule has 0 radical (unpaired) electrons. The molecule has 0 aliphatic carbocycles. The first-order valence-corrected chi connectivity index (χ1v) is 7.81. The fraction of sp³-hybridized carbons (Fsp3) is 0.625. The molecule has 102 valence electrons. The van der Waals surface area contributed by atoms with Gasteiger partial charge in [-0.1, -0.05) is 57.6 Å². The second-order valence-electron chi connectivity index (χ2n) is 5.03. The van der Waals surface area contributed by atoms with Gasteiger partial charge in [-0.25, -0.2) is 0 Å². The van der Waals surface area contributed by atoms with Crippen molar-refractivity contribution in [2.75, 3.05) is 5.75 Å². The van der Waals surface area contributed by atoms with Crippen LogP contribution in [0.15, 0.2) is 24.3 Å². The van der Waals surface area contributed by atoms with E-state index in [-0.39, 0.29) is 0 Å². The molecule has 0 aliphatic rings. The molecule has 1 unspecified atom stereocenters. The third-order valence-electron chi connectivity index (χ3n) is 3.49. The second kappa shape index (κ2) is 9.32.